The minimum Gasteiger partial charge on any atom is -0.326 e. The van der Waals surface area contributed by atoms with Gasteiger partial charge in [0.25, 0.3) is 0 Å². The van der Waals surface area contributed by atoms with Crippen LogP contribution in [-0.2, 0) is 12.3 Å². The zero-order valence-corrected chi connectivity index (χ0v) is 12.6. The fourth-order valence-electron chi connectivity index (χ4n) is 2.23. The lowest BCUT2D eigenvalue weighted by Crippen LogP contribution is -1.97. The van der Waals surface area contributed by atoms with Gasteiger partial charge < -0.3 is 5.73 Å². The molecule has 0 atom stereocenters. The first-order valence-electron chi connectivity index (χ1n) is 6.55. The zero-order chi connectivity index (χ0) is 14.5. The molecule has 0 aliphatic heterocycles. The van der Waals surface area contributed by atoms with Gasteiger partial charge in [-0.1, -0.05) is 35.4 Å². The molecule has 0 bridgehead atoms. The van der Waals surface area contributed by atoms with Crippen molar-refractivity contribution in [2.75, 3.05) is 0 Å². The summed E-state index contributed by atoms with van der Waals surface area (Å²) in [6, 6.07) is 14.7. The average Bonchev–Trinajstić information content (AvgIpc) is 2.44. The molecule has 0 spiro atoms. The van der Waals surface area contributed by atoms with Crippen LogP contribution in [0.3, 0.4) is 0 Å². The second kappa shape index (κ2) is 6.60. The Morgan fingerprint density at radius 1 is 1.05 bits per heavy atom. The van der Waals surface area contributed by atoms with Gasteiger partial charge in [0.2, 0.25) is 0 Å². The highest BCUT2D eigenvalue weighted by Crippen LogP contribution is 2.27. The summed E-state index contributed by atoms with van der Waals surface area (Å²) < 4.78 is 0. The number of nitrogens with zero attached hydrogens (tertiary/aromatic N) is 1. The normalized spacial score (nSPS) is 10.3. The Labute approximate surface area is 124 Å². The number of nitrogens with two attached hydrogens (primary N) is 1. The minimum absolute atomic E-state index is 0.469. The Morgan fingerprint density at radius 3 is 2.35 bits per heavy atom. The second-order valence-electron chi connectivity index (χ2n) is 4.93. The van der Waals surface area contributed by atoms with E-state index >= 15 is 0 Å². The van der Waals surface area contributed by atoms with E-state index in [0.717, 1.165) is 16.2 Å². The highest BCUT2D eigenvalue weighted by atomic mass is 32.2. The molecule has 2 aromatic carbocycles. The van der Waals surface area contributed by atoms with Crippen LogP contribution in [0.2, 0.25) is 0 Å². The molecule has 0 saturated heterocycles. The van der Waals surface area contributed by atoms with Gasteiger partial charge in [0, 0.05) is 17.2 Å². The van der Waals surface area contributed by atoms with Crippen molar-refractivity contribution in [3.63, 3.8) is 0 Å². The van der Waals surface area contributed by atoms with E-state index in [-0.39, 0.29) is 0 Å². The predicted octanol–water partition coefficient (Wildman–Crippen LogP) is 3.93. The van der Waals surface area contributed by atoms with E-state index < -0.39 is 0 Å². The topological polar surface area (TPSA) is 49.8 Å². The van der Waals surface area contributed by atoms with Crippen molar-refractivity contribution in [3.8, 4) is 6.07 Å². The van der Waals surface area contributed by atoms with E-state index in [9.17, 15) is 5.26 Å². The molecule has 2 rings (SSSR count). The summed E-state index contributed by atoms with van der Waals surface area (Å²) in [6.45, 7) is 4.69. The van der Waals surface area contributed by atoms with Crippen molar-refractivity contribution in [3.05, 3.63) is 64.2 Å². The Hall–Kier alpha value is -1.76. The zero-order valence-electron chi connectivity index (χ0n) is 11.8. The first kappa shape index (κ1) is 14.6. The van der Waals surface area contributed by atoms with E-state index in [1.807, 2.05) is 18.2 Å². The van der Waals surface area contributed by atoms with Crippen LogP contribution < -0.4 is 5.73 Å². The summed E-state index contributed by atoms with van der Waals surface area (Å²) in [4.78, 5) is 1.02. The van der Waals surface area contributed by atoms with E-state index in [1.54, 1.807) is 11.8 Å². The molecule has 0 amide bonds. The average molecular weight is 282 g/mol. The van der Waals surface area contributed by atoms with Gasteiger partial charge >= 0.3 is 0 Å². The Kier molecular flexibility index (Phi) is 4.84. The minimum atomic E-state index is 0.469. The third kappa shape index (κ3) is 3.63. The van der Waals surface area contributed by atoms with Crippen LogP contribution in [0.4, 0.5) is 0 Å². The summed E-state index contributed by atoms with van der Waals surface area (Å²) in [5, 5.41) is 9.22. The monoisotopic (exact) mass is 282 g/mol. The highest BCUT2D eigenvalue weighted by molar-refractivity contribution is 7.98. The van der Waals surface area contributed by atoms with Gasteiger partial charge in [-0.25, -0.2) is 0 Å². The summed E-state index contributed by atoms with van der Waals surface area (Å²) in [6.07, 6.45) is 0. The first-order chi connectivity index (χ1) is 9.62. The van der Waals surface area contributed by atoms with Crippen molar-refractivity contribution in [2.45, 2.75) is 31.0 Å². The van der Waals surface area contributed by atoms with Gasteiger partial charge in [-0.2, -0.15) is 5.26 Å². The molecule has 0 saturated carbocycles. The molecule has 0 aliphatic carbocycles. The molecule has 0 heterocycles. The molecule has 20 heavy (non-hydrogen) atoms. The summed E-state index contributed by atoms with van der Waals surface area (Å²) in [7, 11) is 0. The van der Waals surface area contributed by atoms with Crippen molar-refractivity contribution in [1.29, 1.82) is 5.26 Å². The molecular weight excluding hydrogens is 264 g/mol. The van der Waals surface area contributed by atoms with Crippen LogP contribution in [0.5, 0.6) is 0 Å². The molecule has 2 aromatic rings. The van der Waals surface area contributed by atoms with Crippen LogP contribution in [0, 0.1) is 25.2 Å². The van der Waals surface area contributed by atoms with E-state index in [2.05, 4.69) is 38.1 Å². The van der Waals surface area contributed by atoms with Gasteiger partial charge in [-0.15, -0.1) is 11.8 Å². The lowest BCUT2D eigenvalue weighted by molar-refractivity contribution is 1.06. The molecule has 0 radical (unpaired) electrons. The van der Waals surface area contributed by atoms with Crippen LogP contribution in [0.1, 0.15) is 27.8 Å². The number of rotatable bonds is 4. The van der Waals surface area contributed by atoms with Crippen LogP contribution in [0.25, 0.3) is 0 Å². The molecule has 0 aliphatic rings. The predicted molar refractivity (Wildman–Crippen MR) is 84.5 cm³/mol. The third-order valence-electron chi connectivity index (χ3n) is 3.08. The number of hydrogen-bond donors (Lipinski definition) is 1. The fourth-order valence-corrected chi connectivity index (χ4v) is 3.14. The number of nitriles is 1. The highest BCUT2D eigenvalue weighted by Gasteiger charge is 2.05. The van der Waals surface area contributed by atoms with Crippen molar-refractivity contribution < 1.29 is 0 Å². The number of hydrogen-bond acceptors (Lipinski definition) is 3. The lowest BCUT2D eigenvalue weighted by Gasteiger charge is -2.07. The number of benzene rings is 2. The summed E-state index contributed by atoms with van der Waals surface area (Å²) in [5.41, 5.74) is 11.2. The molecule has 2 nitrogen and oxygen atoms in total. The largest absolute Gasteiger partial charge is 0.326 e. The maximum Gasteiger partial charge on any atom is 0.100 e. The Balaban J connectivity index is 2.16. The molecule has 102 valence electrons. The smallest absolute Gasteiger partial charge is 0.100 e. The SMILES string of the molecule is Cc1cc(C)cc(CSc2ccc(CN)cc2C#N)c1. The van der Waals surface area contributed by atoms with Crippen LogP contribution in [-0.4, -0.2) is 0 Å². The van der Waals surface area contributed by atoms with Gasteiger partial charge in [0.1, 0.15) is 6.07 Å². The van der Waals surface area contributed by atoms with Crippen LogP contribution >= 0.6 is 11.8 Å². The second-order valence-corrected chi connectivity index (χ2v) is 5.95. The van der Waals surface area contributed by atoms with E-state index in [0.29, 0.717) is 12.1 Å². The lowest BCUT2D eigenvalue weighted by atomic mass is 10.1. The summed E-state index contributed by atoms with van der Waals surface area (Å²) >= 11 is 1.70. The molecule has 0 unspecified atom stereocenters. The van der Waals surface area contributed by atoms with Crippen molar-refractivity contribution >= 4 is 11.8 Å². The van der Waals surface area contributed by atoms with Gasteiger partial charge in [0.15, 0.2) is 0 Å². The van der Waals surface area contributed by atoms with Crippen molar-refractivity contribution in [1.82, 2.24) is 0 Å². The maximum absolute atomic E-state index is 9.22. The molecule has 2 N–H and O–H groups in total. The van der Waals surface area contributed by atoms with Gasteiger partial charge in [0.05, 0.1) is 5.56 Å². The third-order valence-corrected chi connectivity index (χ3v) is 4.22. The molecule has 0 fully saturated rings. The van der Waals surface area contributed by atoms with Crippen LogP contribution in [0.15, 0.2) is 41.3 Å². The molecule has 0 aromatic heterocycles. The number of aryl methyl sites for hydroxylation is 2. The Bertz CT molecular complexity index is 636. The molecule has 3 heteroatoms. The molecular formula is C17H18N2S. The Morgan fingerprint density at radius 2 is 1.75 bits per heavy atom. The fraction of sp³-hybridized carbons (Fsp3) is 0.235. The standard InChI is InChI=1S/C17H18N2S/c1-12-5-13(2)7-15(6-12)11-20-17-4-3-14(9-18)8-16(17)10-19/h3-8H,9,11,18H2,1-2H3. The number of thioether (sulfide) groups is 1. The summed E-state index contributed by atoms with van der Waals surface area (Å²) in [5.74, 6) is 0.874. The maximum atomic E-state index is 9.22. The van der Waals surface area contributed by atoms with Gasteiger partial charge in [-0.05, 0) is 37.1 Å². The van der Waals surface area contributed by atoms with Gasteiger partial charge in [-0.3, -0.25) is 0 Å². The quantitative estimate of drug-likeness (QED) is 0.864. The van der Waals surface area contributed by atoms with E-state index in [4.69, 9.17) is 5.73 Å². The van der Waals surface area contributed by atoms with E-state index in [1.165, 1.54) is 16.7 Å². The first-order valence-corrected chi connectivity index (χ1v) is 7.54. The van der Waals surface area contributed by atoms with Crippen molar-refractivity contribution in [2.24, 2.45) is 5.73 Å².